The number of likely N-dealkylation sites (tertiary alicyclic amines) is 1. The number of hydrogen-bond acceptors (Lipinski definition) is 11. The van der Waals surface area contributed by atoms with E-state index in [1.165, 1.54) is 0 Å². The molecule has 4 atom stereocenters. The third kappa shape index (κ3) is 8.47. The first kappa shape index (κ1) is 39.0. The second kappa shape index (κ2) is 17.4. The number of ether oxygens (including phenoxy) is 1. The normalized spacial score (nSPS) is 28.3. The van der Waals surface area contributed by atoms with E-state index < -0.39 is 12.3 Å². The predicted molar refractivity (Wildman–Crippen MR) is 215 cm³/mol. The van der Waals surface area contributed by atoms with Gasteiger partial charge in [-0.3, -0.25) is 24.6 Å². The minimum atomic E-state index is -2.66. The van der Waals surface area contributed by atoms with Crippen LogP contribution in [0, 0.1) is 5.92 Å². The van der Waals surface area contributed by atoms with Crippen molar-refractivity contribution >= 4 is 34.8 Å². The van der Waals surface area contributed by atoms with E-state index in [0.29, 0.717) is 48.8 Å². The average molecular weight is 800 g/mol. The van der Waals surface area contributed by atoms with Crippen LogP contribution in [0.5, 0.6) is 0 Å². The fourth-order valence-electron chi connectivity index (χ4n) is 9.97. The summed E-state index contributed by atoms with van der Waals surface area (Å²) in [6.45, 7) is 4.48. The number of imide groups is 1. The number of piperidine rings is 2. The average Bonchev–Trinajstić information content (AvgIpc) is 3.99. The summed E-state index contributed by atoms with van der Waals surface area (Å²) in [6, 6.07) is 6.33. The molecular weight excluding hydrogens is 745 g/mol. The molecule has 0 radical (unpaired) electrons. The number of allylic oxidation sites excluding steroid dienone is 1. The highest BCUT2D eigenvalue weighted by Gasteiger charge is 2.39. The summed E-state index contributed by atoms with van der Waals surface area (Å²) in [5.41, 5.74) is 2.76. The Labute approximate surface area is 337 Å². The molecule has 58 heavy (non-hydrogen) atoms. The molecule has 6 aliphatic rings. The Balaban J connectivity index is 0.718. The second-order valence-electron chi connectivity index (χ2n) is 17.1. The number of nitrogens with one attached hydrogen (secondary N) is 2. The molecule has 1 aromatic carbocycles. The number of aryl methyl sites for hydroxylation is 1. The number of para-hydroxylation sites is 1. The highest BCUT2D eigenvalue weighted by atomic mass is 19.3. The number of carbonyl (C=O) groups excluding carboxylic acids is 2. The zero-order chi connectivity index (χ0) is 39.6. The third-order valence-electron chi connectivity index (χ3n) is 13.2. The summed E-state index contributed by atoms with van der Waals surface area (Å²) < 4.78 is 42.8. The number of hydrogen-bond donors (Lipinski definition) is 2. The maximum absolute atomic E-state index is 14.5. The van der Waals surface area contributed by atoms with Crippen LogP contribution < -0.4 is 10.6 Å². The molecule has 9 rings (SSSR count). The Kier molecular flexibility index (Phi) is 11.7. The molecule has 0 spiro atoms. The first-order valence-electron chi connectivity index (χ1n) is 21.6. The van der Waals surface area contributed by atoms with Crippen LogP contribution in [-0.4, -0.2) is 99.8 Å². The lowest BCUT2D eigenvalue weighted by atomic mass is 9.85. The van der Waals surface area contributed by atoms with Crippen molar-refractivity contribution in [1.82, 2.24) is 35.5 Å². The molecule has 2 saturated heterocycles. The number of aliphatic imine (C=N–C) groups is 1. The van der Waals surface area contributed by atoms with Crippen LogP contribution in [0.15, 0.2) is 51.2 Å². The van der Waals surface area contributed by atoms with E-state index in [1.54, 1.807) is 6.21 Å². The number of hydrazone groups is 1. The largest absolute Gasteiger partial charge is 0.378 e. The summed E-state index contributed by atoms with van der Waals surface area (Å²) in [7, 11) is 0. The van der Waals surface area contributed by atoms with Crippen molar-refractivity contribution in [3.8, 4) is 0 Å². The van der Waals surface area contributed by atoms with E-state index in [9.17, 15) is 18.4 Å². The van der Waals surface area contributed by atoms with E-state index >= 15 is 0 Å². The number of fused-ring (bicyclic) bond motifs is 2. The van der Waals surface area contributed by atoms with Gasteiger partial charge in [0.25, 0.3) is 6.43 Å². The summed E-state index contributed by atoms with van der Waals surface area (Å²) in [5.74, 6) is 0.143. The monoisotopic (exact) mass is 799 g/mol. The number of amidine groups is 1. The zero-order valence-corrected chi connectivity index (χ0v) is 33.1. The lowest BCUT2D eigenvalue weighted by Gasteiger charge is -2.36. The Hall–Kier alpha value is -4.50. The highest BCUT2D eigenvalue weighted by Crippen LogP contribution is 2.39. The number of carbonyl (C=O) groups is 2. The minimum absolute atomic E-state index is 0.115. The molecule has 2 amide bonds. The fraction of sp³-hybridized carbons (Fsp3) is 0.628. The summed E-state index contributed by atoms with van der Waals surface area (Å²) >= 11 is 0. The molecule has 2 N–H and O–H groups in total. The topological polar surface area (TPSA) is 142 Å². The Morgan fingerprint density at radius 3 is 2.67 bits per heavy atom. The van der Waals surface area contributed by atoms with Gasteiger partial charge in [-0.2, -0.15) is 10.2 Å². The first-order chi connectivity index (χ1) is 28.4. The maximum atomic E-state index is 14.5. The van der Waals surface area contributed by atoms with Crippen LogP contribution in [0.4, 0.5) is 8.78 Å². The standard InChI is InChI=1S/C43H55F2N9O4/c44-41(45)39-35(34-24-46-53-22-19-36(48-42(34)53)47-29-8-2-1-3-9-29)26-54(50-39)30-13-11-27(12-14-30)25-52-20-17-31(18-21-52)57-23-5-7-28-6-4-10-32-38(51-58-40(28)32)33-15-16-37(55)49-43(33)56/h2,4,6,8,10,24,26-27,29-31,33-34,41-42H,1,3,5,7,9,11-23,25H2,(H,47,48)(H,49,55,56)/t27?,29?,30?,33-,34?,42?/m1/s1. The minimum Gasteiger partial charge on any atom is -0.378 e. The molecule has 310 valence electrons. The summed E-state index contributed by atoms with van der Waals surface area (Å²) in [5, 5.41) is 22.1. The number of halogens is 2. The van der Waals surface area contributed by atoms with Gasteiger partial charge in [0.1, 0.15) is 17.2 Å². The van der Waals surface area contributed by atoms with Crippen LogP contribution in [0.2, 0.25) is 0 Å². The molecule has 1 saturated carbocycles. The van der Waals surface area contributed by atoms with Gasteiger partial charge in [0.05, 0.1) is 24.0 Å². The molecule has 2 aromatic heterocycles. The van der Waals surface area contributed by atoms with Gasteiger partial charge in [-0.15, -0.1) is 0 Å². The molecule has 6 heterocycles. The van der Waals surface area contributed by atoms with Crippen molar-refractivity contribution in [3.05, 3.63) is 59.1 Å². The van der Waals surface area contributed by atoms with Gasteiger partial charge in [0.2, 0.25) is 11.8 Å². The van der Waals surface area contributed by atoms with Crippen LogP contribution in [0.25, 0.3) is 11.0 Å². The van der Waals surface area contributed by atoms with Crippen molar-refractivity contribution in [2.45, 2.75) is 133 Å². The molecular formula is C43H55F2N9O4. The van der Waals surface area contributed by atoms with Gasteiger partial charge in [0, 0.05) is 75.0 Å². The summed E-state index contributed by atoms with van der Waals surface area (Å²) in [6.07, 6.45) is 17.9. The van der Waals surface area contributed by atoms with E-state index in [-0.39, 0.29) is 47.8 Å². The van der Waals surface area contributed by atoms with E-state index in [1.807, 2.05) is 34.1 Å². The van der Waals surface area contributed by atoms with Crippen LogP contribution in [0.3, 0.4) is 0 Å². The molecule has 13 nitrogen and oxygen atoms in total. The van der Waals surface area contributed by atoms with Gasteiger partial charge < -0.3 is 19.5 Å². The molecule has 3 unspecified atom stereocenters. The van der Waals surface area contributed by atoms with Crippen molar-refractivity contribution in [2.75, 3.05) is 32.8 Å². The molecule has 4 aliphatic heterocycles. The molecule has 2 aliphatic carbocycles. The zero-order valence-electron chi connectivity index (χ0n) is 33.1. The first-order valence-corrected chi connectivity index (χ1v) is 21.6. The lowest BCUT2D eigenvalue weighted by Crippen LogP contribution is -2.43. The molecule has 0 bridgehead atoms. The Morgan fingerprint density at radius 2 is 1.88 bits per heavy atom. The number of alkyl halides is 2. The quantitative estimate of drug-likeness (QED) is 0.119. The van der Waals surface area contributed by atoms with Crippen molar-refractivity contribution in [3.63, 3.8) is 0 Å². The van der Waals surface area contributed by atoms with Gasteiger partial charge in [0.15, 0.2) is 11.7 Å². The number of rotatable bonds is 12. The second-order valence-corrected chi connectivity index (χ2v) is 17.1. The highest BCUT2D eigenvalue weighted by molar-refractivity contribution is 6.02. The number of amides is 2. The van der Waals surface area contributed by atoms with E-state index in [4.69, 9.17) is 14.3 Å². The molecule has 3 fully saturated rings. The van der Waals surface area contributed by atoms with Crippen molar-refractivity contribution in [2.24, 2.45) is 16.0 Å². The van der Waals surface area contributed by atoms with E-state index in [2.05, 4.69) is 43.0 Å². The lowest BCUT2D eigenvalue weighted by molar-refractivity contribution is -0.134. The van der Waals surface area contributed by atoms with Gasteiger partial charge in [-0.25, -0.2) is 13.8 Å². The fourth-order valence-corrected chi connectivity index (χ4v) is 9.97. The van der Waals surface area contributed by atoms with Crippen molar-refractivity contribution in [1.29, 1.82) is 0 Å². The Bertz CT molecular complexity index is 2030. The SMILES string of the molecule is O=C1CC[C@H](c2noc3c(CCCOC4CCN(CC5CCC(n6cc(C7C=NN8CCC(NC9C=CCCC9)=NC78)c(C(F)F)n6)CC5)CC4)cccc23)C(=O)N1. The molecule has 3 aromatic rings. The predicted octanol–water partition coefficient (Wildman–Crippen LogP) is 6.54. The smallest absolute Gasteiger partial charge is 0.282 e. The van der Waals surface area contributed by atoms with E-state index in [0.717, 1.165) is 113 Å². The maximum Gasteiger partial charge on any atom is 0.282 e. The van der Waals surface area contributed by atoms with Gasteiger partial charge in [-0.1, -0.05) is 29.4 Å². The Morgan fingerprint density at radius 1 is 1.02 bits per heavy atom. The summed E-state index contributed by atoms with van der Waals surface area (Å²) in [4.78, 5) is 31.6. The molecule has 15 heteroatoms. The van der Waals surface area contributed by atoms with Crippen LogP contribution in [0.1, 0.15) is 130 Å². The van der Waals surface area contributed by atoms with Crippen molar-refractivity contribution < 1.29 is 27.6 Å². The number of aromatic nitrogens is 3. The van der Waals surface area contributed by atoms with Gasteiger partial charge >= 0.3 is 0 Å². The van der Waals surface area contributed by atoms with Gasteiger partial charge in [-0.05, 0) is 94.6 Å². The third-order valence-corrected chi connectivity index (χ3v) is 13.2. The van der Waals surface area contributed by atoms with Crippen LogP contribution in [-0.2, 0) is 20.7 Å². The number of benzene rings is 1. The number of nitrogens with zero attached hydrogens (tertiary/aromatic N) is 7. The van der Waals surface area contributed by atoms with Crippen LogP contribution >= 0.6 is 0 Å².